The highest BCUT2D eigenvalue weighted by Gasteiger charge is 2.42. The molecule has 3 aromatic rings. The Hall–Kier alpha value is -2.47. The normalized spacial score (nSPS) is 28.2. The van der Waals surface area contributed by atoms with Gasteiger partial charge in [0.1, 0.15) is 5.82 Å². The molecule has 1 aromatic heterocycles. The second kappa shape index (κ2) is 9.44. The molecule has 0 bridgehead atoms. The molecule has 0 amide bonds. The number of hydrogen-bond donors (Lipinski definition) is 2. The molecule has 4 unspecified atom stereocenters. The lowest BCUT2D eigenvalue weighted by Crippen LogP contribution is -2.59. The van der Waals surface area contributed by atoms with E-state index in [2.05, 4.69) is 29.0 Å². The Morgan fingerprint density at radius 1 is 1.08 bits per heavy atom. The van der Waals surface area contributed by atoms with Gasteiger partial charge in [-0.15, -0.1) is 0 Å². The van der Waals surface area contributed by atoms with Crippen molar-refractivity contribution in [3.05, 3.63) is 64.5 Å². The van der Waals surface area contributed by atoms with Gasteiger partial charge >= 0.3 is 11.9 Å². The minimum Gasteiger partial charge on any atom is -0.377 e. The van der Waals surface area contributed by atoms with Gasteiger partial charge in [0.05, 0.1) is 29.1 Å². The molecule has 5 atom stereocenters. The van der Waals surface area contributed by atoms with Crippen LogP contribution in [0.25, 0.3) is 10.9 Å². The predicted octanol–water partition coefficient (Wildman–Crippen LogP) is 4.01. The number of nitrogens with one attached hydrogen (secondary N) is 1. The summed E-state index contributed by atoms with van der Waals surface area (Å²) >= 11 is 0. The van der Waals surface area contributed by atoms with E-state index in [9.17, 15) is 22.4 Å². The van der Waals surface area contributed by atoms with Crippen LogP contribution in [0.4, 0.5) is 17.6 Å². The van der Waals surface area contributed by atoms with Gasteiger partial charge in [-0.25, -0.2) is 14.2 Å². The first kappa shape index (κ1) is 25.2. The van der Waals surface area contributed by atoms with E-state index in [1.165, 1.54) is 22.9 Å². The van der Waals surface area contributed by atoms with Crippen molar-refractivity contribution >= 4 is 21.8 Å². The van der Waals surface area contributed by atoms with Gasteiger partial charge in [-0.05, 0) is 55.1 Å². The number of nitrogens with zero attached hydrogens (tertiary/aromatic N) is 3. The van der Waals surface area contributed by atoms with E-state index in [1.54, 1.807) is 19.2 Å². The van der Waals surface area contributed by atoms with Crippen molar-refractivity contribution in [1.29, 1.82) is 0 Å². The highest BCUT2D eigenvalue weighted by molar-refractivity contribution is 8.17. The summed E-state index contributed by atoms with van der Waals surface area (Å²) in [6.45, 7) is 5.58. The van der Waals surface area contributed by atoms with Gasteiger partial charge in [0.15, 0.2) is 0 Å². The lowest BCUT2D eigenvalue weighted by Gasteiger charge is -2.47. The molecule has 0 radical (unpaired) electrons. The summed E-state index contributed by atoms with van der Waals surface area (Å²) in [5, 5.41) is 3.38. The van der Waals surface area contributed by atoms with E-state index < -0.39 is 40.2 Å². The van der Waals surface area contributed by atoms with Crippen molar-refractivity contribution in [2.75, 3.05) is 20.2 Å². The number of benzene rings is 2. The minimum absolute atomic E-state index is 0.146. The summed E-state index contributed by atoms with van der Waals surface area (Å²) in [7, 11) is 0.0188. The van der Waals surface area contributed by atoms with Crippen LogP contribution in [0, 0.1) is 5.82 Å². The fourth-order valence-electron chi connectivity index (χ4n) is 5.50. The fourth-order valence-corrected chi connectivity index (χ4v) is 8.66. The molecule has 2 aromatic carbocycles. The number of aromatic nitrogens is 2. The molecule has 0 spiro atoms. The lowest BCUT2D eigenvalue weighted by molar-refractivity contribution is -0.137. The molecule has 1 N–H and O–H groups in total. The minimum atomic E-state index is -4.59. The van der Waals surface area contributed by atoms with Crippen molar-refractivity contribution < 1.29 is 22.3 Å². The van der Waals surface area contributed by atoms with Crippen LogP contribution < -0.4 is 11.0 Å². The predicted molar refractivity (Wildman–Crippen MR) is 131 cm³/mol. The van der Waals surface area contributed by atoms with Gasteiger partial charge < -0.3 is 10.1 Å². The number of methoxy groups -OCH3 is 1. The molecule has 36 heavy (non-hydrogen) atoms. The third-order valence-electron chi connectivity index (χ3n) is 6.85. The van der Waals surface area contributed by atoms with Crippen LogP contribution in [-0.4, -0.2) is 58.2 Å². The van der Waals surface area contributed by atoms with Crippen molar-refractivity contribution in [3.8, 4) is 0 Å². The Kier molecular flexibility index (Phi) is 6.61. The largest absolute Gasteiger partial charge is 0.416 e. The molecular formula is C25H28F4N4O2S. The number of rotatable bonds is 3. The number of ether oxygens (including phenoxy) is 1. The molecule has 0 saturated carbocycles. The first-order chi connectivity index (χ1) is 17.1. The molecule has 3 heterocycles. The molecule has 1 saturated heterocycles. The first-order valence-electron chi connectivity index (χ1n) is 11.8. The molecule has 0 aliphatic carbocycles. The Bertz CT molecular complexity index is 1320. The molecule has 6 nitrogen and oxygen atoms in total. The van der Waals surface area contributed by atoms with Crippen molar-refractivity contribution in [2.45, 2.75) is 59.9 Å². The van der Waals surface area contributed by atoms with Crippen LogP contribution in [0.3, 0.4) is 0 Å². The van der Waals surface area contributed by atoms with Crippen molar-refractivity contribution in [1.82, 2.24) is 19.8 Å². The zero-order chi connectivity index (χ0) is 25.8. The maximum absolute atomic E-state index is 14.0. The third kappa shape index (κ3) is 4.53. The topological polar surface area (TPSA) is 59.4 Å². The number of hydrogen-bond acceptors (Lipinski definition) is 5. The smallest absolute Gasteiger partial charge is 0.377 e. The lowest BCUT2D eigenvalue weighted by atomic mass is 10.1. The quantitative estimate of drug-likeness (QED) is 0.401. The van der Waals surface area contributed by atoms with Gasteiger partial charge in [0.25, 0.3) is 0 Å². The van der Waals surface area contributed by atoms with E-state index in [0.717, 1.165) is 17.0 Å². The summed E-state index contributed by atoms with van der Waals surface area (Å²) < 4.78 is 63.4. The molecular weight excluding hydrogens is 496 g/mol. The van der Waals surface area contributed by atoms with Crippen molar-refractivity contribution in [3.63, 3.8) is 0 Å². The Balaban J connectivity index is 1.84. The van der Waals surface area contributed by atoms with Crippen LogP contribution in [0.5, 0.6) is 0 Å². The summed E-state index contributed by atoms with van der Waals surface area (Å²) in [4.78, 5) is 20.2. The van der Waals surface area contributed by atoms with E-state index in [0.29, 0.717) is 23.5 Å². The van der Waals surface area contributed by atoms with Crippen LogP contribution in [0.15, 0.2) is 57.2 Å². The van der Waals surface area contributed by atoms with Crippen LogP contribution in [0.1, 0.15) is 19.4 Å². The average molecular weight is 525 g/mol. The Morgan fingerprint density at radius 2 is 1.75 bits per heavy atom. The molecule has 194 valence electrons. The van der Waals surface area contributed by atoms with Gasteiger partial charge in [-0.1, -0.05) is 0 Å². The van der Waals surface area contributed by atoms with E-state index >= 15 is 0 Å². The Labute approximate surface area is 208 Å². The van der Waals surface area contributed by atoms with Gasteiger partial charge in [-0.2, -0.15) is 24.1 Å². The molecule has 11 heteroatoms. The maximum Gasteiger partial charge on any atom is 0.416 e. The highest BCUT2D eigenvalue weighted by Crippen LogP contribution is 2.55. The van der Waals surface area contributed by atoms with Gasteiger partial charge in [0.2, 0.25) is 0 Å². The first-order valence-corrected chi connectivity index (χ1v) is 13.2. The second-order valence-corrected chi connectivity index (χ2v) is 11.8. The maximum atomic E-state index is 14.0. The summed E-state index contributed by atoms with van der Waals surface area (Å²) in [6, 6.07) is 8.42. The number of piperazine rings is 1. The summed E-state index contributed by atoms with van der Waals surface area (Å²) in [5.41, 5.74) is -0.912. The van der Waals surface area contributed by atoms with Crippen LogP contribution in [-0.2, 0) is 17.5 Å². The average Bonchev–Trinajstić information content (AvgIpc) is 2.96. The Morgan fingerprint density at radius 3 is 2.36 bits per heavy atom. The number of alkyl halides is 3. The van der Waals surface area contributed by atoms with Crippen LogP contribution in [0.2, 0.25) is 0 Å². The van der Waals surface area contributed by atoms with Gasteiger partial charge in [0, 0.05) is 48.8 Å². The number of thiol groups is 1. The van der Waals surface area contributed by atoms with E-state index in [-0.39, 0.29) is 29.4 Å². The number of halogens is 4. The zero-order valence-corrected chi connectivity index (χ0v) is 21.0. The molecule has 1 fully saturated rings. The molecule has 2 aliphatic rings. The SMILES string of the molecule is CO[C@H]1Cn2c(=O)ncc3cc(C(F)(F)F)cc(c32)[SH](c2ccc(F)cc2)C1N1CC(C)NC(C)C1. The van der Waals surface area contributed by atoms with E-state index in [1.807, 2.05) is 0 Å². The zero-order valence-electron chi connectivity index (χ0n) is 20.1. The highest BCUT2D eigenvalue weighted by atomic mass is 32.2. The molecule has 5 rings (SSSR count). The molecule has 2 aliphatic heterocycles. The monoisotopic (exact) mass is 524 g/mol. The fraction of sp³-hybridized carbons (Fsp3) is 0.440. The van der Waals surface area contributed by atoms with Crippen molar-refractivity contribution in [2.24, 2.45) is 0 Å². The van der Waals surface area contributed by atoms with Crippen LogP contribution >= 0.6 is 10.9 Å². The summed E-state index contributed by atoms with van der Waals surface area (Å²) in [6.07, 6.45) is -3.89. The van der Waals surface area contributed by atoms with E-state index in [4.69, 9.17) is 4.74 Å². The second-order valence-electron chi connectivity index (χ2n) is 9.54. The standard InChI is InChI=1S/C25H28F4N4O2S/c1-14-11-32(12-15(2)31-14)23-20(35-3)13-33-22-16(10-30-24(33)34)8-17(25(27,28)29)9-21(22)36(23)19-6-4-18(26)5-7-19/h4-10,14-15,20,23,31,36H,11-13H2,1-3H3/t14?,15?,20-,23?/m0/s1. The third-order valence-corrected chi connectivity index (χ3v) is 9.75. The summed E-state index contributed by atoms with van der Waals surface area (Å²) in [5.74, 6) is -0.428. The van der Waals surface area contributed by atoms with Gasteiger partial charge in [-0.3, -0.25) is 9.47 Å².